The number of hydrogen-bond acceptors (Lipinski definition) is 2. The van der Waals surface area contributed by atoms with Gasteiger partial charge in [-0.25, -0.2) is 0 Å². The van der Waals surface area contributed by atoms with Gasteiger partial charge in [0.05, 0.1) is 6.20 Å². The molecule has 1 aromatic heterocycles. The highest BCUT2D eigenvalue weighted by Gasteiger charge is 2.18. The molecule has 0 amide bonds. The molecule has 1 aliphatic rings. The van der Waals surface area contributed by atoms with Gasteiger partial charge in [-0.1, -0.05) is 24.6 Å². The highest BCUT2D eigenvalue weighted by molar-refractivity contribution is 5.68. The lowest BCUT2D eigenvalue weighted by Gasteiger charge is -2.24. The van der Waals surface area contributed by atoms with E-state index < -0.39 is 5.97 Å². The number of aryl methyl sites for hydroxylation is 2. The zero-order valence-corrected chi connectivity index (χ0v) is 13.0. The van der Waals surface area contributed by atoms with Crippen molar-refractivity contribution in [2.75, 3.05) is 0 Å². The third-order valence-electron chi connectivity index (χ3n) is 4.53. The molecule has 0 radical (unpaired) electrons. The fourth-order valence-electron chi connectivity index (χ4n) is 3.00. The standard InChI is InChI=1S/C18H22N2O2/c1-13-9-14(6-8-18(21)22)5-7-17(13)16-10-19-20(12-16)11-15-3-2-4-15/h5,7,9-10,12,15H,2-4,6,8,11H2,1H3,(H,21,22). The second-order valence-electron chi connectivity index (χ2n) is 6.29. The highest BCUT2D eigenvalue weighted by atomic mass is 16.4. The van der Waals surface area contributed by atoms with E-state index in [1.54, 1.807) is 0 Å². The number of aromatic nitrogens is 2. The van der Waals surface area contributed by atoms with Gasteiger partial charge >= 0.3 is 5.97 Å². The van der Waals surface area contributed by atoms with E-state index in [1.165, 1.54) is 30.4 Å². The second-order valence-corrected chi connectivity index (χ2v) is 6.29. The third kappa shape index (κ3) is 3.38. The lowest BCUT2D eigenvalue weighted by molar-refractivity contribution is -0.136. The first kappa shape index (κ1) is 14.8. The van der Waals surface area contributed by atoms with Crippen molar-refractivity contribution >= 4 is 5.97 Å². The molecule has 4 heteroatoms. The summed E-state index contributed by atoms with van der Waals surface area (Å²) < 4.78 is 2.05. The molecule has 0 spiro atoms. The van der Waals surface area contributed by atoms with Crippen molar-refractivity contribution in [3.05, 3.63) is 41.7 Å². The number of aliphatic carboxylic acids is 1. The quantitative estimate of drug-likeness (QED) is 0.885. The summed E-state index contributed by atoms with van der Waals surface area (Å²) >= 11 is 0. The zero-order valence-electron chi connectivity index (χ0n) is 13.0. The van der Waals surface area contributed by atoms with Crippen LogP contribution in [0.15, 0.2) is 30.6 Å². The minimum Gasteiger partial charge on any atom is -0.481 e. The van der Waals surface area contributed by atoms with Crippen LogP contribution in [-0.2, 0) is 17.8 Å². The zero-order chi connectivity index (χ0) is 15.5. The maximum Gasteiger partial charge on any atom is 0.303 e. The molecular weight excluding hydrogens is 276 g/mol. The summed E-state index contributed by atoms with van der Waals surface area (Å²) in [7, 11) is 0. The molecule has 22 heavy (non-hydrogen) atoms. The minimum absolute atomic E-state index is 0.179. The molecule has 0 atom stereocenters. The topological polar surface area (TPSA) is 55.1 Å². The maximum atomic E-state index is 10.7. The van der Waals surface area contributed by atoms with E-state index in [0.717, 1.165) is 23.6 Å². The fourth-order valence-corrected chi connectivity index (χ4v) is 3.00. The number of carbonyl (C=O) groups is 1. The van der Waals surface area contributed by atoms with Gasteiger partial charge in [0.15, 0.2) is 0 Å². The summed E-state index contributed by atoms with van der Waals surface area (Å²) in [6.45, 7) is 3.10. The van der Waals surface area contributed by atoms with E-state index in [9.17, 15) is 4.79 Å². The number of nitrogens with zero attached hydrogens (tertiary/aromatic N) is 2. The number of benzene rings is 1. The molecule has 1 aliphatic carbocycles. The molecule has 4 nitrogen and oxygen atoms in total. The number of rotatable bonds is 6. The first-order chi connectivity index (χ1) is 10.6. The first-order valence-corrected chi connectivity index (χ1v) is 7.96. The van der Waals surface area contributed by atoms with Crippen LogP contribution in [0.2, 0.25) is 0 Å². The third-order valence-corrected chi connectivity index (χ3v) is 4.53. The van der Waals surface area contributed by atoms with Crippen LogP contribution in [0.25, 0.3) is 11.1 Å². The molecule has 2 aromatic rings. The smallest absolute Gasteiger partial charge is 0.303 e. The molecule has 3 rings (SSSR count). The fraction of sp³-hybridized carbons (Fsp3) is 0.444. The van der Waals surface area contributed by atoms with Crippen molar-refractivity contribution in [3.63, 3.8) is 0 Å². The Kier molecular flexibility index (Phi) is 4.27. The summed E-state index contributed by atoms with van der Waals surface area (Å²) in [6, 6.07) is 6.19. The number of hydrogen-bond donors (Lipinski definition) is 1. The van der Waals surface area contributed by atoms with Crippen molar-refractivity contribution < 1.29 is 9.90 Å². The summed E-state index contributed by atoms with van der Waals surface area (Å²) in [4.78, 5) is 10.7. The van der Waals surface area contributed by atoms with Gasteiger partial charge in [-0.15, -0.1) is 0 Å². The van der Waals surface area contributed by atoms with Crippen molar-refractivity contribution in [1.82, 2.24) is 9.78 Å². The summed E-state index contributed by atoms with van der Waals surface area (Å²) in [5.41, 5.74) is 4.57. The Hall–Kier alpha value is -2.10. The van der Waals surface area contributed by atoms with E-state index in [4.69, 9.17) is 5.11 Å². The summed E-state index contributed by atoms with van der Waals surface area (Å²) in [5.74, 6) is 0.0474. The Labute approximate surface area is 130 Å². The number of carboxylic acids is 1. The van der Waals surface area contributed by atoms with Crippen molar-refractivity contribution in [1.29, 1.82) is 0 Å². The van der Waals surface area contributed by atoms with E-state index in [1.807, 2.05) is 12.3 Å². The largest absolute Gasteiger partial charge is 0.481 e. The van der Waals surface area contributed by atoms with Crippen LogP contribution < -0.4 is 0 Å². The normalized spacial score (nSPS) is 14.8. The van der Waals surface area contributed by atoms with Gasteiger partial charge < -0.3 is 5.11 Å². The Morgan fingerprint density at radius 1 is 1.41 bits per heavy atom. The van der Waals surface area contributed by atoms with Gasteiger partial charge in [-0.2, -0.15) is 5.10 Å². The molecule has 0 saturated heterocycles. The van der Waals surface area contributed by atoms with Crippen molar-refractivity contribution in [2.45, 2.75) is 45.6 Å². The van der Waals surface area contributed by atoms with Crippen LogP contribution in [0.1, 0.15) is 36.8 Å². The minimum atomic E-state index is -0.751. The van der Waals surface area contributed by atoms with Crippen LogP contribution in [-0.4, -0.2) is 20.9 Å². The Morgan fingerprint density at radius 2 is 2.23 bits per heavy atom. The van der Waals surface area contributed by atoms with Crippen LogP contribution >= 0.6 is 0 Å². The highest BCUT2D eigenvalue weighted by Crippen LogP contribution is 2.29. The molecule has 1 heterocycles. The molecule has 116 valence electrons. The molecule has 0 unspecified atom stereocenters. The van der Waals surface area contributed by atoms with Gasteiger partial charge in [0.25, 0.3) is 0 Å². The van der Waals surface area contributed by atoms with E-state index in [0.29, 0.717) is 6.42 Å². The number of carboxylic acid groups (broad SMARTS) is 1. The van der Waals surface area contributed by atoms with Crippen LogP contribution in [0.3, 0.4) is 0 Å². The van der Waals surface area contributed by atoms with Crippen LogP contribution in [0.4, 0.5) is 0 Å². The summed E-state index contributed by atoms with van der Waals surface area (Å²) in [6.07, 6.45) is 8.82. The average molecular weight is 298 g/mol. The molecule has 1 fully saturated rings. The van der Waals surface area contributed by atoms with E-state index in [-0.39, 0.29) is 6.42 Å². The average Bonchev–Trinajstić information content (AvgIpc) is 2.89. The van der Waals surface area contributed by atoms with E-state index in [2.05, 4.69) is 35.0 Å². The van der Waals surface area contributed by atoms with Gasteiger partial charge in [0.2, 0.25) is 0 Å². The lowest BCUT2D eigenvalue weighted by atomic mass is 9.85. The Morgan fingerprint density at radius 3 is 2.86 bits per heavy atom. The van der Waals surface area contributed by atoms with Crippen LogP contribution in [0, 0.1) is 12.8 Å². The van der Waals surface area contributed by atoms with Gasteiger partial charge in [-0.05, 0) is 48.8 Å². The molecule has 0 bridgehead atoms. The van der Waals surface area contributed by atoms with Gasteiger partial charge in [0.1, 0.15) is 0 Å². The molecule has 1 saturated carbocycles. The molecule has 0 aliphatic heterocycles. The monoisotopic (exact) mass is 298 g/mol. The van der Waals surface area contributed by atoms with Gasteiger partial charge in [0, 0.05) is 24.7 Å². The summed E-state index contributed by atoms with van der Waals surface area (Å²) in [5, 5.41) is 13.2. The predicted octanol–water partition coefficient (Wildman–Crippen LogP) is 3.68. The predicted molar refractivity (Wildman–Crippen MR) is 85.7 cm³/mol. The lowest BCUT2D eigenvalue weighted by Crippen LogP contribution is -2.18. The first-order valence-electron chi connectivity index (χ1n) is 7.96. The SMILES string of the molecule is Cc1cc(CCC(=O)O)ccc1-c1cnn(CC2CCC2)c1. The Bertz CT molecular complexity index is 671. The van der Waals surface area contributed by atoms with Crippen LogP contribution in [0.5, 0.6) is 0 Å². The molecule has 1 aromatic carbocycles. The molecular formula is C18H22N2O2. The van der Waals surface area contributed by atoms with Gasteiger partial charge in [-0.3, -0.25) is 9.48 Å². The van der Waals surface area contributed by atoms with Crippen molar-refractivity contribution in [2.24, 2.45) is 5.92 Å². The van der Waals surface area contributed by atoms with Crippen molar-refractivity contribution in [3.8, 4) is 11.1 Å². The molecule has 1 N–H and O–H groups in total. The van der Waals surface area contributed by atoms with E-state index >= 15 is 0 Å². The second kappa shape index (κ2) is 6.34. The maximum absolute atomic E-state index is 10.7. The Balaban J connectivity index is 1.72.